The number of aromatic hydroxyl groups is 2. The third-order valence-electron chi connectivity index (χ3n) is 1.78. The Labute approximate surface area is 85.9 Å². The van der Waals surface area contributed by atoms with Crippen molar-refractivity contribution in [1.82, 2.24) is 0 Å². The van der Waals surface area contributed by atoms with Crippen LogP contribution in [0.2, 0.25) is 0 Å². The minimum Gasteiger partial charge on any atom is -0.508 e. The summed E-state index contributed by atoms with van der Waals surface area (Å²) in [6, 6.07) is 2.30. The summed E-state index contributed by atoms with van der Waals surface area (Å²) in [5, 5.41) is 18.5. The van der Waals surface area contributed by atoms with E-state index >= 15 is 0 Å². The highest BCUT2D eigenvalue weighted by Crippen LogP contribution is 2.26. The molecule has 0 spiro atoms. The summed E-state index contributed by atoms with van der Waals surface area (Å²) in [5.41, 5.74) is 0.270. The van der Waals surface area contributed by atoms with Gasteiger partial charge in [-0.1, -0.05) is 0 Å². The number of rotatable bonds is 3. The van der Waals surface area contributed by atoms with Crippen LogP contribution in [0.3, 0.4) is 0 Å². The van der Waals surface area contributed by atoms with Crippen molar-refractivity contribution in [1.29, 1.82) is 0 Å². The van der Waals surface area contributed by atoms with Gasteiger partial charge in [-0.3, -0.25) is 9.59 Å². The lowest BCUT2D eigenvalue weighted by atomic mass is 10.1. The van der Waals surface area contributed by atoms with Gasteiger partial charge in [0.15, 0.2) is 6.29 Å². The van der Waals surface area contributed by atoms with Gasteiger partial charge in [-0.05, 0) is 6.07 Å². The van der Waals surface area contributed by atoms with E-state index < -0.39 is 5.97 Å². The molecule has 1 aromatic carbocycles. The van der Waals surface area contributed by atoms with Gasteiger partial charge in [0, 0.05) is 18.6 Å². The fourth-order valence-electron chi connectivity index (χ4n) is 1.12. The number of benzene rings is 1. The van der Waals surface area contributed by atoms with Crippen LogP contribution in [0.15, 0.2) is 12.1 Å². The second kappa shape index (κ2) is 4.45. The molecule has 0 bridgehead atoms. The molecule has 5 nitrogen and oxygen atoms in total. The lowest BCUT2D eigenvalue weighted by Gasteiger charge is -2.07. The number of carbonyl (C=O) groups excluding carboxylic acids is 2. The van der Waals surface area contributed by atoms with Crippen LogP contribution in [0, 0.1) is 0 Å². The Morgan fingerprint density at radius 2 is 2.13 bits per heavy atom. The molecule has 0 aliphatic heterocycles. The highest BCUT2D eigenvalue weighted by atomic mass is 16.5. The first-order chi connectivity index (χ1) is 7.04. The summed E-state index contributed by atoms with van der Waals surface area (Å²) in [6.07, 6.45) is 0.438. The fraction of sp³-hybridized carbons (Fsp3) is 0.200. The molecule has 0 amide bonds. The number of aldehydes is 1. The van der Waals surface area contributed by atoms with Gasteiger partial charge in [0.2, 0.25) is 0 Å². The van der Waals surface area contributed by atoms with Crippen molar-refractivity contribution in [2.75, 3.05) is 0 Å². The van der Waals surface area contributed by atoms with Gasteiger partial charge < -0.3 is 14.9 Å². The Bertz CT molecular complexity index is 397. The number of hydrogen-bond acceptors (Lipinski definition) is 5. The molecule has 0 heterocycles. The number of phenolic OH excluding ortho intramolecular Hbond substituents is 2. The molecule has 0 atom stereocenters. The van der Waals surface area contributed by atoms with E-state index in [9.17, 15) is 14.7 Å². The Hall–Kier alpha value is -2.04. The van der Waals surface area contributed by atoms with Gasteiger partial charge in [-0.25, -0.2) is 0 Å². The molecule has 0 aromatic heterocycles. The van der Waals surface area contributed by atoms with Crippen molar-refractivity contribution in [3.8, 4) is 11.5 Å². The Morgan fingerprint density at radius 3 is 2.67 bits per heavy atom. The average molecular weight is 210 g/mol. The molecule has 0 unspecified atom stereocenters. The predicted octanol–water partition coefficient (Wildman–Crippen LogP) is 0.973. The quantitative estimate of drug-likeness (QED) is 0.573. The van der Waals surface area contributed by atoms with E-state index in [1.54, 1.807) is 0 Å². The second-order valence-electron chi connectivity index (χ2n) is 2.94. The summed E-state index contributed by atoms with van der Waals surface area (Å²) in [4.78, 5) is 21.2. The zero-order chi connectivity index (χ0) is 11.4. The Kier molecular flexibility index (Phi) is 3.28. The highest BCUT2D eigenvalue weighted by molar-refractivity contribution is 5.82. The number of hydrogen-bond donors (Lipinski definition) is 2. The number of carbonyl (C=O) groups is 2. The molecule has 2 N–H and O–H groups in total. The van der Waals surface area contributed by atoms with Crippen molar-refractivity contribution in [2.24, 2.45) is 0 Å². The summed E-state index contributed by atoms with van der Waals surface area (Å²) in [5.74, 6) is -1.04. The van der Waals surface area contributed by atoms with Gasteiger partial charge in [-0.2, -0.15) is 0 Å². The Balaban J connectivity index is 3.03. The summed E-state index contributed by atoms with van der Waals surface area (Å²) < 4.78 is 4.66. The lowest BCUT2D eigenvalue weighted by molar-refractivity contribution is -0.142. The molecule has 0 aliphatic rings. The van der Waals surface area contributed by atoms with Crippen molar-refractivity contribution >= 4 is 12.3 Å². The van der Waals surface area contributed by atoms with Crippen molar-refractivity contribution in [3.05, 3.63) is 23.3 Å². The van der Waals surface area contributed by atoms with E-state index in [-0.39, 0.29) is 29.2 Å². The van der Waals surface area contributed by atoms with E-state index in [0.29, 0.717) is 6.29 Å². The molecule has 1 aromatic rings. The fourth-order valence-corrected chi connectivity index (χ4v) is 1.12. The third-order valence-corrected chi connectivity index (χ3v) is 1.78. The van der Waals surface area contributed by atoms with Crippen LogP contribution < -0.4 is 0 Å². The summed E-state index contributed by atoms with van der Waals surface area (Å²) in [6.45, 7) is 1.06. The van der Waals surface area contributed by atoms with E-state index in [4.69, 9.17) is 5.11 Å². The van der Waals surface area contributed by atoms with E-state index in [1.807, 2.05) is 0 Å². The number of ether oxygens (including phenoxy) is 1. The first-order valence-corrected chi connectivity index (χ1v) is 4.18. The third kappa shape index (κ3) is 2.70. The topological polar surface area (TPSA) is 83.8 Å². The molecule has 0 fully saturated rings. The first kappa shape index (κ1) is 11.0. The Morgan fingerprint density at radius 1 is 1.47 bits per heavy atom. The predicted molar refractivity (Wildman–Crippen MR) is 50.6 cm³/mol. The van der Waals surface area contributed by atoms with Crippen LogP contribution in [-0.4, -0.2) is 22.5 Å². The SMILES string of the molecule is CC(=O)OCc1cc(O)cc(O)c1C=O. The molecule has 5 heteroatoms. The molecule has 0 saturated heterocycles. The lowest BCUT2D eigenvalue weighted by Crippen LogP contribution is -2.01. The first-order valence-electron chi connectivity index (χ1n) is 4.18. The van der Waals surface area contributed by atoms with Crippen LogP contribution in [0.25, 0.3) is 0 Å². The van der Waals surface area contributed by atoms with Gasteiger partial charge in [0.25, 0.3) is 0 Å². The second-order valence-corrected chi connectivity index (χ2v) is 2.94. The van der Waals surface area contributed by atoms with Crippen LogP contribution in [0.1, 0.15) is 22.8 Å². The number of esters is 1. The van der Waals surface area contributed by atoms with Gasteiger partial charge in [0.05, 0.1) is 5.56 Å². The van der Waals surface area contributed by atoms with Gasteiger partial charge >= 0.3 is 5.97 Å². The van der Waals surface area contributed by atoms with Crippen LogP contribution in [0.5, 0.6) is 11.5 Å². The molecular formula is C10H10O5. The monoisotopic (exact) mass is 210 g/mol. The van der Waals surface area contributed by atoms with E-state index in [1.165, 1.54) is 13.0 Å². The van der Waals surface area contributed by atoms with Gasteiger partial charge in [0.1, 0.15) is 18.1 Å². The van der Waals surface area contributed by atoms with Crippen LogP contribution in [0.4, 0.5) is 0 Å². The normalized spacial score (nSPS) is 9.67. The average Bonchev–Trinajstić information content (AvgIpc) is 2.13. The molecular weight excluding hydrogens is 200 g/mol. The smallest absolute Gasteiger partial charge is 0.302 e. The maximum absolute atomic E-state index is 10.6. The maximum Gasteiger partial charge on any atom is 0.302 e. The maximum atomic E-state index is 10.6. The minimum absolute atomic E-state index is 0.00838. The molecule has 1 rings (SSSR count). The van der Waals surface area contributed by atoms with E-state index in [0.717, 1.165) is 6.07 Å². The summed E-state index contributed by atoms with van der Waals surface area (Å²) in [7, 11) is 0. The summed E-state index contributed by atoms with van der Waals surface area (Å²) >= 11 is 0. The van der Waals surface area contributed by atoms with Crippen molar-refractivity contribution in [2.45, 2.75) is 13.5 Å². The molecule has 0 aliphatic carbocycles. The zero-order valence-corrected chi connectivity index (χ0v) is 8.06. The standard InChI is InChI=1S/C10H10O5/c1-6(12)15-5-7-2-8(13)3-10(14)9(7)4-11/h2-4,13-14H,5H2,1H3. The largest absolute Gasteiger partial charge is 0.508 e. The number of phenols is 2. The van der Waals surface area contributed by atoms with E-state index in [2.05, 4.69) is 4.74 Å². The molecule has 0 radical (unpaired) electrons. The van der Waals surface area contributed by atoms with Crippen molar-refractivity contribution < 1.29 is 24.5 Å². The molecule has 0 saturated carbocycles. The minimum atomic E-state index is -0.505. The molecule has 15 heavy (non-hydrogen) atoms. The molecule has 80 valence electrons. The highest BCUT2D eigenvalue weighted by Gasteiger charge is 2.10. The van der Waals surface area contributed by atoms with Gasteiger partial charge in [-0.15, -0.1) is 0 Å². The van der Waals surface area contributed by atoms with Crippen LogP contribution >= 0.6 is 0 Å². The van der Waals surface area contributed by atoms with Crippen LogP contribution in [-0.2, 0) is 16.1 Å². The van der Waals surface area contributed by atoms with Crippen molar-refractivity contribution in [3.63, 3.8) is 0 Å². The zero-order valence-electron chi connectivity index (χ0n) is 8.06.